The van der Waals surface area contributed by atoms with E-state index < -0.39 is 5.97 Å². The van der Waals surface area contributed by atoms with Crippen molar-refractivity contribution < 1.29 is 14.3 Å². The first-order valence-corrected chi connectivity index (χ1v) is 7.69. The lowest BCUT2D eigenvalue weighted by molar-refractivity contribution is -0.148. The minimum absolute atomic E-state index is 0.114. The Labute approximate surface area is 144 Å². The number of nitrogens with zero attached hydrogens (tertiary/aromatic N) is 2. The Balaban J connectivity index is 1.59. The summed E-state index contributed by atoms with van der Waals surface area (Å²) >= 11 is 5.78. The van der Waals surface area contributed by atoms with Crippen molar-refractivity contribution >= 4 is 29.4 Å². The predicted molar refractivity (Wildman–Crippen MR) is 89.4 cm³/mol. The van der Waals surface area contributed by atoms with Crippen LogP contribution in [0.5, 0.6) is 0 Å². The van der Waals surface area contributed by atoms with E-state index in [1.54, 1.807) is 30.6 Å². The number of aromatic nitrogens is 2. The van der Waals surface area contributed by atoms with Crippen LogP contribution in [0.3, 0.4) is 0 Å². The number of ether oxygens (including phenoxy) is 1. The van der Waals surface area contributed by atoms with Crippen molar-refractivity contribution in [3.05, 3.63) is 53.3 Å². The molecule has 0 aliphatic carbocycles. The maximum absolute atomic E-state index is 11.6. The quantitative estimate of drug-likeness (QED) is 0.706. The maximum atomic E-state index is 11.6. The predicted octanol–water partition coefficient (Wildman–Crippen LogP) is 1.79. The van der Waals surface area contributed by atoms with E-state index in [0.717, 1.165) is 5.56 Å². The van der Waals surface area contributed by atoms with Gasteiger partial charge in [-0.25, -0.2) is 9.97 Å². The Kier molecular flexibility index (Phi) is 6.97. The molecule has 24 heavy (non-hydrogen) atoms. The molecule has 0 fully saturated rings. The molecular formula is C16H17ClN4O3. The highest BCUT2D eigenvalue weighted by Gasteiger charge is 2.07. The van der Waals surface area contributed by atoms with Crippen LogP contribution in [0.1, 0.15) is 12.0 Å². The average Bonchev–Trinajstić information content (AvgIpc) is 2.60. The second kappa shape index (κ2) is 9.46. The van der Waals surface area contributed by atoms with Crippen LogP contribution in [0.2, 0.25) is 5.02 Å². The van der Waals surface area contributed by atoms with Gasteiger partial charge in [0.25, 0.3) is 5.91 Å². The molecule has 1 heterocycles. The van der Waals surface area contributed by atoms with Crippen LogP contribution in [0.25, 0.3) is 0 Å². The van der Waals surface area contributed by atoms with E-state index >= 15 is 0 Å². The highest BCUT2D eigenvalue weighted by molar-refractivity contribution is 6.30. The van der Waals surface area contributed by atoms with Crippen molar-refractivity contribution in [2.75, 3.05) is 18.5 Å². The molecule has 8 heteroatoms. The smallest absolute Gasteiger partial charge is 0.308 e. The molecule has 0 bridgehead atoms. The second-order valence-electron chi connectivity index (χ2n) is 4.81. The number of carbonyl (C=O) groups is 2. The van der Waals surface area contributed by atoms with Crippen LogP contribution >= 0.6 is 11.6 Å². The van der Waals surface area contributed by atoms with E-state index in [0.29, 0.717) is 24.1 Å². The molecule has 0 saturated heterocycles. The summed E-state index contributed by atoms with van der Waals surface area (Å²) in [4.78, 5) is 31.1. The summed E-state index contributed by atoms with van der Waals surface area (Å²) < 4.78 is 4.90. The van der Waals surface area contributed by atoms with Gasteiger partial charge in [0.05, 0.1) is 6.42 Å². The van der Waals surface area contributed by atoms with Gasteiger partial charge in [-0.05, 0) is 23.8 Å². The van der Waals surface area contributed by atoms with Crippen LogP contribution in [-0.4, -0.2) is 35.0 Å². The molecule has 0 spiro atoms. The number of halogens is 1. The van der Waals surface area contributed by atoms with Crippen molar-refractivity contribution in [2.24, 2.45) is 0 Å². The van der Waals surface area contributed by atoms with E-state index in [4.69, 9.17) is 16.3 Å². The summed E-state index contributed by atoms with van der Waals surface area (Å²) in [6.45, 7) is 0.365. The Hall–Kier alpha value is -2.67. The molecule has 0 radical (unpaired) electrons. The van der Waals surface area contributed by atoms with Gasteiger partial charge in [0.1, 0.15) is 0 Å². The molecule has 0 saturated carbocycles. The molecule has 1 aromatic heterocycles. The topological polar surface area (TPSA) is 93.2 Å². The number of benzene rings is 1. The van der Waals surface area contributed by atoms with E-state index in [2.05, 4.69) is 20.6 Å². The van der Waals surface area contributed by atoms with E-state index in [-0.39, 0.29) is 18.9 Å². The highest BCUT2D eigenvalue weighted by atomic mass is 35.5. The third-order valence-corrected chi connectivity index (χ3v) is 3.20. The van der Waals surface area contributed by atoms with E-state index in [1.807, 2.05) is 12.1 Å². The summed E-state index contributed by atoms with van der Waals surface area (Å²) in [5.41, 5.74) is 0.908. The van der Waals surface area contributed by atoms with Gasteiger partial charge in [0.2, 0.25) is 5.95 Å². The number of carbonyl (C=O) groups excluding carboxylic acids is 2. The molecule has 0 atom stereocenters. The lowest BCUT2D eigenvalue weighted by Crippen LogP contribution is -2.28. The van der Waals surface area contributed by atoms with Crippen molar-refractivity contribution in [3.63, 3.8) is 0 Å². The molecule has 2 rings (SSSR count). The number of hydrogen-bond acceptors (Lipinski definition) is 6. The standard InChI is InChI=1S/C16H17ClN4O3/c17-13-4-2-12(3-5-13)10-21-14(22)11-24-15(23)6-9-20-16-18-7-1-8-19-16/h1-5,7-8H,6,9-11H2,(H,21,22)(H,18,19,20). The first-order valence-electron chi connectivity index (χ1n) is 7.31. The molecule has 1 amide bonds. The van der Waals surface area contributed by atoms with Crippen LogP contribution < -0.4 is 10.6 Å². The van der Waals surface area contributed by atoms with Crippen molar-refractivity contribution in [2.45, 2.75) is 13.0 Å². The minimum atomic E-state index is -0.472. The fourth-order valence-corrected chi connectivity index (χ4v) is 1.86. The van der Waals surface area contributed by atoms with Crippen molar-refractivity contribution in [1.29, 1.82) is 0 Å². The lowest BCUT2D eigenvalue weighted by atomic mass is 10.2. The fraction of sp³-hybridized carbons (Fsp3) is 0.250. The first kappa shape index (κ1) is 17.7. The molecule has 0 aliphatic rings. The fourth-order valence-electron chi connectivity index (χ4n) is 1.74. The van der Waals surface area contributed by atoms with Crippen molar-refractivity contribution in [3.8, 4) is 0 Å². The third kappa shape index (κ3) is 6.62. The number of nitrogens with one attached hydrogen (secondary N) is 2. The van der Waals surface area contributed by atoms with Crippen LogP contribution in [0.4, 0.5) is 5.95 Å². The summed E-state index contributed by atoms with van der Waals surface area (Å²) in [7, 11) is 0. The molecular weight excluding hydrogens is 332 g/mol. The van der Waals surface area contributed by atoms with Crippen LogP contribution in [-0.2, 0) is 20.9 Å². The Morgan fingerprint density at radius 3 is 2.54 bits per heavy atom. The molecule has 7 nitrogen and oxygen atoms in total. The Morgan fingerprint density at radius 1 is 1.12 bits per heavy atom. The first-order chi connectivity index (χ1) is 11.6. The van der Waals surface area contributed by atoms with Gasteiger partial charge >= 0.3 is 5.97 Å². The van der Waals surface area contributed by atoms with Gasteiger partial charge in [-0.15, -0.1) is 0 Å². The van der Waals surface area contributed by atoms with E-state index in [9.17, 15) is 9.59 Å². The van der Waals surface area contributed by atoms with Gasteiger partial charge in [-0.2, -0.15) is 0 Å². The number of rotatable bonds is 8. The number of anilines is 1. The zero-order chi connectivity index (χ0) is 17.2. The largest absolute Gasteiger partial charge is 0.456 e. The van der Waals surface area contributed by atoms with Gasteiger partial charge in [-0.1, -0.05) is 23.7 Å². The number of hydrogen-bond donors (Lipinski definition) is 2. The summed E-state index contributed by atoms with van der Waals surface area (Å²) in [6.07, 6.45) is 3.31. The third-order valence-electron chi connectivity index (χ3n) is 2.95. The monoisotopic (exact) mass is 348 g/mol. The van der Waals surface area contributed by atoms with Crippen LogP contribution in [0.15, 0.2) is 42.7 Å². The summed E-state index contributed by atoms with van der Waals surface area (Å²) in [5, 5.41) is 6.17. The Bertz CT molecular complexity index is 665. The normalized spacial score (nSPS) is 10.0. The SMILES string of the molecule is O=C(COC(=O)CCNc1ncccn1)NCc1ccc(Cl)cc1. The molecule has 2 aromatic rings. The average molecular weight is 349 g/mol. The van der Waals surface area contributed by atoms with E-state index in [1.165, 1.54) is 0 Å². The van der Waals surface area contributed by atoms with Gasteiger partial charge in [-0.3, -0.25) is 9.59 Å². The molecule has 1 aromatic carbocycles. The Morgan fingerprint density at radius 2 is 1.83 bits per heavy atom. The summed E-state index contributed by atoms with van der Waals surface area (Å²) in [6, 6.07) is 8.80. The second-order valence-corrected chi connectivity index (χ2v) is 5.25. The number of amides is 1. The molecule has 0 unspecified atom stereocenters. The molecule has 0 aliphatic heterocycles. The molecule has 2 N–H and O–H groups in total. The number of esters is 1. The zero-order valence-corrected chi connectivity index (χ0v) is 13.6. The highest BCUT2D eigenvalue weighted by Crippen LogP contribution is 2.09. The van der Waals surface area contributed by atoms with Crippen molar-refractivity contribution in [1.82, 2.24) is 15.3 Å². The molecule has 126 valence electrons. The minimum Gasteiger partial charge on any atom is -0.456 e. The van der Waals surface area contributed by atoms with Gasteiger partial charge in [0.15, 0.2) is 6.61 Å². The van der Waals surface area contributed by atoms with Crippen LogP contribution in [0, 0.1) is 0 Å². The lowest BCUT2D eigenvalue weighted by Gasteiger charge is -2.07. The van der Waals surface area contributed by atoms with Gasteiger partial charge < -0.3 is 15.4 Å². The van der Waals surface area contributed by atoms with Gasteiger partial charge in [0, 0.05) is 30.5 Å². The maximum Gasteiger partial charge on any atom is 0.308 e. The summed E-state index contributed by atoms with van der Waals surface area (Å²) in [5.74, 6) is -0.399. The zero-order valence-electron chi connectivity index (χ0n) is 12.9.